The van der Waals surface area contributed by atoms with E-state index in [0.29, 0.717) is 32.4 Å². The molecule has 1 unspecified atom stereocenters. The van der Waals surface area contributed by atoms with E-state index in [9.17, 15) is 65.9 Å². The molecule has 0 radical (unpaired) electrons. The Kier molecular flexibility index (Phi) is 8.45. The molecule has 0 heterocycles. The number of methoxy groups -OCH3 is 1. The predicted octanol–water partition coefficient (Wildman–Crippen LogP) is 8.26. The van der Waals surface area contributed by atoms with Crippen LogP contribution in [0.5, 0.6) is 0 Å². The van der Waals surface area contributed by atoms with Gasteiger partial charge in [0, 0.05) is 7.11 Å². The number of halogens is 15. The van der Waals surface area contributed by atoms with Gasteiger partial charge in [-0.15, -0.1) is 0 Å². The highest BCUT2D eigenvalue weighted by Crippen LogP contribution is 2.63. The Morgan fingerprint density at radius 2 is 1.00 bits per heavy atom. The number of rotatable bonds is 11. The Morgan fingerprint density at radius 3 is 1.36 bits per heavy atom. The van der Waals surface area contributed by atoms with Crippen LogP contribution in [0.4, 0.5) is 65.9 Å². The first-order valence-corrected chi connectivity index (χ1v) is 9.79. The van der Waals surface area contributed by atoms with Gasteiger partial charge < -0.3 is 4.74 Å². The normalized spacial score (nSPS) is 16.7. The molecule has 16 heteroatoms. The SMILES string of the molecule is CCCc1ccc(C(C)(CC(F)(F)C(F)(F)C(F)(F)C(F)(F)C(F)(F)C(F)(F)C(F)(F)F)OC)cc1. The maximum Gasteiger partial charge on any atom is 0.460 e. The van der Waals surface area contributed by atoms with Crippen molar-refractivity contribution >= 4 is 0 Å². The average molecular weight is 560 g/mol. The molecular weight excluding hydrogens is 541 g/mol. The fourth-order valence-electron chi connectivity index (χ4n) is 3.14. The smallest absolute Gasteiger partial charge is 0.374 e. The zero-order valence-corrected chi connectivity index (χ0v) is 18.5. The second kappa shape index (κ2) is 9.46. The number of ether oxygens (including phenoxy) is 1. The Labute approximate surface area is 194 Å². The van der Waals surface area contributed by atoms with Crippen LogP contribution in [0.3, 0.4) is 0 Å². The molecule has 1 aromatic carbocycles. The molecule has 0 saturated carbocycles. The molecule has 0 aliphatic heterocycles. The summed E-state index contributed by atoms with van der Waals surface area (Å²) >= 11 is 0. The summed E-state index contributed by atoms with van der Waals surface area (Å²) in [4.78, 5) is 0. The lowest BCUT2D eigenvalue weighted by molar-refractivity contribution is -0.453. The van der Waals surface area contributed by atoms with E-state index in [0.717, 1.165) is 12.1 Å². The summed E-state index contributed by atoms with van der Waals surface area (Å²) in [7, 11) is 0.624. The monoisotopic (exact) mass is 560 g/mol. The summed E-state index contributed by atoms with van der Waals surface area (Å²) in [6, 6.07) is 4.67. The van der Waals surface area contributed by atoms with E-state index in [4.69, 9.17) is 0 Å². The average Bonchev–Trinajstić information content (AvgIpc) is 2.72. The van der Waals surface area contributed by atoms with Crippen molar-refractivity contribution in [3.05, 3.63) is 35.4 Å². The molecule has 0 amide bonds. The first-order chi connectivity index (χ1) is 15.8. The van der Waals surface area contributed by atoms with Crippen molar-refractivity contribution in [1.82, 2.24) is 0 Å². The fraction of sp³-hybridized carbons (Fsp3) is 0.700. The highest BCUT2D eigenvalue weighted by molar-refractivity contribution is 5.28. The van der Waals surface area contributed by atoms with Gasteiger partial charge in [0.2, 0.25) is 0 Å². The number of aryl methyl sites for hydroxylation is 1. The molecule has 0 bridgehead atoms. The molecule has 0 fully saturated rings. The molecule has 36 heavy (non-hydrogen) atoms. The summed E-state index contributed by atoms with van der Waals surface area (Å²) in [5, 5.41) is 0. The second-order valence-electron chi connectivity index (χ2n) is 8.13. The molecule has 0 aliphatic rings. The van der Waals surface area contributed by atoms with Crippen LogP contribution < -0.4 is 0 Å². The van der Waals surface area contributed by atoms with E-state index in [1.807, 2.05) is 0 Å². The maximum atomic E-state index is 14.4. The van der Waals surface area contributed by atoms with Gasteiger partial charge in [-0.05, 0) is 24.5 Å². The molecule has 1 rings (SSSR count). The Hall–Kier alpha value is -1.87. The minimum absolute atomic E-state index is 0.385. The predicted molar refractivity (Wildman–Crippen MR) is 95.2 cm³/mol. The Balaban J connectivity index is 3.54. The molecule has 1 nitrogen and oxygen atoms in total. The summed E-state index contributed by atoms with van der Waals surface area (Å²) in [5.74, 6) is -46.7. The van der Waals surface area contributed by atoms with Crippen molar-refractivity contribution in [2.75, 3.05) is 7.11 Å². The lowest BCUT2D eigenvalue weighted by atomic mass is 9.83. The second-order valence-corrected chi connectivity index (χ2v) is 8.13. The van der Waals surface area contributed by atoms with E-state index >= 15 is 0 Å². The zero-order chi connectivity index (χ0) is 28.8. The van der Waals surface area contributed by atoms with Crippen molar-refractivity contribution in [3.63, 3.8) is 0 Å². The minimum atomic E-state index is -8.31. The van der Waals surface area contributed by atoms with Crippen LogP contribution in [-0.2, 0) is 16.8 Å². The highest BCUT2D eigenvalue weighted by atomic mass is 19.4. The summed E-state index contributed by atoms with van der Waals surface area (Å²) < 4.78 is 206. The van der Waals surface area contributed by atoms with E-state index in [-0.39, 0.29) is 5.56 Å². The topological polar surface area (TPSA) is 9.23 Å². The Morgan fingerprint density at radius 1 is 0.611 bits per heavy atom. The van der Waals surface area contributed by atoms with Crippen LogP contribution in [0.25, 0.3) is 0 Å². The molecule has 1 aromatic rings. The van der Waals surface area contributed by atoms with E-state index in [1.165, 1.54) is 12.1 Å². The van der Waals surface area contributed by atoms with Crippen LogP contribution in [-0.4, -0.2) is 48.8 Å². The van der Waals surface area contributed by atoms with Crippen molar-refractivity contribution in [2.24, 2.45) is 0 Å². The minimum Gasteiger partial charge on any atom is -0.374 e. The van der Waals surface area contributed by atoms with Gasteiger partial charge in [-0.2, -0.15) is 65.9 Å². The zero-order valence-electron chi connectivity index (χ0n) is 18.5. The van der Waals surface area contributed by atoms with Gasteiger partial charge in [-0.1, -0.05) is 37.6 Å². The summed E-state index contributed by atoms with van der Waals surface area (Å²) in [6.07, 6.45) is -9.14. The standard InChI is InChI=1S/C20H19F15O/c1-4-5-11-6-8-12(9-7-11)13(2,36-3)10-14(21,22)15(23,24)16(25,26)17(27,28)18(29,30)19(31,32)20(33,34)35/h6-9H,4-5,10H2,1-3H3. The van der Waals surface area contributed by atoms with Crippen LogP contribution >= 0.6 is 0 Å². The highest BCUT2D eigenvalue weighted by Gasteiger charge is 2.93. The third-order valence-corrected chi connectivity index (χ3v) is 5.51. The number of benzene rings is 1. The van der Waals surface area contributed by atoms with Crippen LogP contribution in [0.15, 0.2) is 24.3 Å². The fourth-order valence-corrected chi connectivity index (χ4v) is 3.14. The van der Waals surface area contributed by atoms with Gasteiger partial charge in [0.15, 0.2) is 0 Å². The van der Waals surface area contributed by atoms with Gasteiger partial charge in [-0.25, -0.2) is 0 Å². The molecule has 0 aliphatic carbocycles. The molecule has 0 spiro atoms. The first-order valence-electron chi connectivity index (χ1n) is 9.79. The van der Waals surface area contributed by atoms with Gasteiger partial charge in [0.1, 0.15) is 0 Å². The molecule has 1 atom stereocenters. The molecule has 0 N–H and O–H groups in total. The summed E-state index contributed by atoms with van der Waals surface area (Å²) in [5.41, 5.74) is -2.44. The molecule has 0 aromatic heterocycles. The number of hydrogen-bond acceptors (Lipinski definition) is 1. The van der Waals surface area contributed by atoms with Crippen molar-refractivity contribution in [3.8, 4) is 0 Å². The quantitative estimate of drug-likeness (QED) is 0.248. The largest absolute Gasteiger partial charge is 0.460 e. The third kappa shape index (κ3) is 4.85. The Bertz CT molecular complexity index is 889. The maximum absolute atomic E-state index is 14.4. The third-order valence-electron chi connectivity index (χ3n) is 5.51. The van der Waals surface area contributed by atoms with Gasteiger partial charge in [0.25, 0.3) is 0 Å². The first kappa shape index (κ1) is 32.2. The lowest BCUT2D eigenvalue weighted by Gasteiger charge is -2.43. The van der Waals surface area contributed by atoms with Gasteiger partial charge in [0.05, 0.1) is 12.0 Å². The summed E-state index contributed by atoms with van der Waals surface area (Å²) in [6.45, 7) is 2.38. The van der Waals surface area contributed by atoms with Gasteiger partial charge in [-0.3, -0.25) is 0 Å². The number of hydrogen-bond donors (Lipinski definition) is 0. The van der Waals surface area contributed by atoms with E-state index in [2.05, 4.69) is 4.74 Å². The molecular formula is C20H19F15O. The van der Waals surface area contributed by atoms with E-state index in [1.54, 1.807) is 6.92 Å². The number of alkyl halides is 15. The van der Waals surface area contributed by atoms with Crippen LogP contribution in [0, 0.1) is 0 Å². The van der Waals surface area contributed by atoms with Crippen molar-refractivity contribution in [1.29, 1.82) is 0 Å². The lowest BCUT2D eigenvalue weighted by Crippen LogP contribution is -2.72. The van der Waals surface area contributed by atoms with E-state index < -0.39 is 53.7 Å². The van der Waals surface area contributed by atoms with Crippen LogP contribution in [0.1, 0.15) is 37.8 Å². The molecule has 210 valence electrons. The van der Waals surface area contributed by atoms with Crippen molar-refractivity contribution < 1.29 is 70.6 Å². The van der Waals surface area contributed by atoms with Crippen molar-refractivity contribution in [2.45, 2.75) is 80.4 Å². The van der Waals surface area contributed by atoms with Crippen LogP contribution in [0.2, 0.25) is 0 Å². The molecule has 0 saturated heterocycles. The van der Waals surface area contributed by atoms with Gasteiger partial charge >= 0.3 is 41.7 Å².